The zero-order chi connectivity index (χ0) is 66.1. The molecule has 0 saturated carbocycles. The van der Waals surface area contributed by atoms with Gasteiger partial charge in [-0.1, -0.05) is 6.07 Å². The first-order valence-corrected chi connectivity index (χ1v) is 33.8. The Morgan fingerprint density at radius 3 is 1.66 bits per heavy atom. The van der Waals surface area contributed by atoms with Crippen molar-refractivity contribution in [2.24, 2.45) is 5.92 Å². The van der Waals surface area contributed by atoms with Gasteiger partial charge in [-0.15, -0.1) is 0 Å². The number of aromatic nitrogens is 1. The summed E-state index contributed by atoms with van der Waals surface area (Å²) in [4.78, 5) is 123. The van der Waals surface area contributed by atoms with E-state index in [0.29, 0.717) is 19.3 Å². The van der Waals surface area contributed by atoms with Crippen molar-refractivity contribution >= 4 is 83.4 Å². The average molecular weight is 1320 g/mol. The van der Waals surface area contributed by atoms with Gasteiger partial charge < -0.3 is 41.1 Å². The van der Waals surface area contributed by atoms with Crippen molar-refractivity contribution in [1.29, 1.82) is 0 Å². The van der Waals surface area contributed by atoms with E-state index in [1.807, 2.05) is 6.07 Å². The van der Waals surface area contributed by atoms with E-state index in [2.05, 4.69) is 26.7 Å². The first kappa shape index (κ1) is 74.8. The summed E-state index contributed by atoms with van der Waals surface area (Å²) in [5.41, 5.74) is 3.77. The van der Waals surface area contributed by atoms with Gasteiger partial charge in [0.15, 0.2) is 5.78 Å². The number of pyridine rings is 1. The zero-order valence-corrected chi connectivity index (χ0v) is 52.4. The van der Waals surface area contributed by atoms with Crippen LogP contribution in [-0.4, -0.2) is 254 Å². The number of aryl methyl sites for hydroxylation is 5. The van der Waals surface area contributed by atoms with Crippen molar-refractivity contribution in [3.63, 3.8) is 0 Å². The second-order valence-corrected chi connectivity index (χ2v) is 26.8. The molecule has 1 saturated heterocycles. The van der Waals surface area contributed by atoms with Crippen molar-refractivity contribution in [3.05, 3.63) is 52.3 Å². The van der Waals surface area contributed by atoms with Crippen LogP contribution in [0, 0.1) is 19.8 Å². The summed E-state index contributed by atoms with van der Waals surface area (Å²) in [6.07, 6.45) is 4.73. The first-order valence-electron chi connectivity index (χ1n) is 29.1. The van der Waals surface area contributed by atoms with Crippen LogP contribution in [0.25, 0.3) is 0 Å². The number of carboxylic acid groups (broad SMARTS) is 4. The minimum atomic E-state index is -5.03. The molecule has 10 N–H and O–H groups in total. The number of carbonyl (C=O) groups is 9. The van der Waals surface area contributed by atoms with Crippen LogP contribution in [0.2, 0.25) is 0 Å². The van der Waals surface area contributed by atoms with Crippen LogP contribution in [0.5, 0.6) is 5.75 Å². The normalized spacial score (nSPS) is 16.3. The Bertz CT molecular complexity index is 3110. The number of aliphatic carboxylic acids is 4. The van der Waals surface area contributed by atoms with Gasteiger partial charge in [0.1, 0.15) is 29.4 Å². The molecule has 1 fully saturated rings. The van der Waals surface area contributed by atoms with Gasteiger partial charge in [-0.25, -0.2) is 8.42 Å². The fourth-order valence-electron chi connectivity index (χ4n) is 10.3. The maximum absolute atomic E-state index is 13.6. The summed E-state index contributed by atoms with van der Waals surface area (Å²) in [5.74, 6) is -13.6. The summed E-state index contributed by atoms with van der Waals surface area (Å²) >= 11 is 0. The number of amides is 3. The van der Waals surface area contributed by atoms with Crippen molar-refractivity contribution in [1.82, 2.24) is 45.3 Å². The third-order valence-electron chi connectivity index (χ3n) is 14.6. The van der Waals surface area contributed by atoms with Crippen LogP contribution < -0.4 is 25.4 Å². The highest BCUT2D eigenvalue weighted by Crippen LogP contribution is 2.27. The van der Waals surface area contributed by atoms with Crippen LogP contribution in [0.4, 0.5) is 0 Å². The Balaban J connectivity index is 1.25. The second-order valence-electron chi connectivity index (χ2n) is 22.2. The van der Waals surface area contributed by atoms with Gasteiger partial charge >= 0.3 is 23.9 Å². The van der Waals surface area contributed by atoms with Gasteiger partial charge in [0, 0.05) is 103 Å². The second kappa shape index (κ2) is 36.3. The molecule has 498 valence electrons. The molecule has 2 heterocycles. The number of rotatable bonds is 37. The highest BCUT2D eigenvalue weighted by Gasteiger charge is 2.34. The molecule has 89 heavy (non-hydrogen) atoms. The molecule has 0 bridgehead atoms. The van der Waals surface area contributed by atoms with Crippen LogP contribution >= 0.6 is 0 Å². The molecule has 0 radical (unpaired) electrons. The zero-order valence-electron chi connectivity index (χ0n) is 49.9. The van der Waals surface area contributed by atoms with Crippen molar-refractivity contribution in [3.8, 4) is 5.75 Å². The summed E-state index contributed by atoms with van der Waals surface area (Å²) in [6, 6.07) is 3.24. The monoisotopic (exact) mass is 1320 g/mol. The van der Waals surface area contributed by atoms with E-state index in [0.717, 1.165) is 37.1 Å². The lowest BCUT2D eigenvalue weighted by Crippen LogP contribution is -2.50. The van der Waals surface area contributed by atoms with E-state index >= 15 is 0 Å². The number of nitrogens with zero attached hydrogens (tertiary/aromatic N) is 5. The largest absolute Gasteiger partial charge is 0.494 e. The van der Waals surface area contributed by atoms with Crippen molar-refractivity contribution < 1.29 is 103 Å². The van der Waals surface area contributed by atoms with Gasteiger partial charge in [-0.2, -0.15) is 21.6 Å². The maximum Gasteiger partial charge on any atom is 0.323 e. The van der Waals surface area contributed by atoms with Crippen LogP contribution in [0.15, 0.2) is 29.2 Å². The summed E-state index contributed by atoms with van der Waals surface area (Å²) in [6.45, 7) is 0.678. The molecule has 2 aliphatic rings. The molecule has 1 aliphatic carbocycles. The standard InChI is InChI=1S/C55H83N9O22S3/c1-37-27-43(28-38(2)53(37)89(84,85)60-45(55(76)77)30-57-49(68)13-6-4-10-41-16-15-39-9-3-5-11-44(39)58-41)86-26-8-14-48(67)56-17-7-12-47(66)46(36-88(81,82)83)59-54(75)40(35-87(78,79)80)29-42(65)31-61-18-20-62(32-50(69)70)22-24-64(34-52(73)74)25-23-63(21-19-61)33-51(71)72/h15-16,27-28,40,45-46,60H,3-14,17-26,29-36H2,1-2H3,(H,56,67)(H,57,68)(H,59,75)(H,69,70)(H,71,72)(H,73,74)(H,76,77)(H,78,79,80)(H,81,82,83)/t40-,45-,46-/m0/s1. The maximum atomic E-state index is 13.6. The molecule has 3 amide bonds. The average Bonchev–Trinajstić information content (AvgIpc) is 1.31. The SMILES string of the molecule is Cc1cc(OCCCC(=O)NCCCC(=O)[C@H](CS(=O)(=O)O)NC(=O)[C@@H](CC(=O)CN2CCN(CC(=O)O)CCN(CC(=O)O)CCN(CC(=O)O)CC2)CS(=O)(=O)O)cc(C)c1S(=O)(=O)N[C@@H](CNC(=O)CCCCc1ccc2c(n1)CCCC2)C(=O)O. The van der Waals surface area contributed by atoms with Gasteiger partial charge in [0.05, 0.1) is 49.4 Å². The number of ketones is 2. The fourth-order valence-corrected chi connectivity index (χ4v) is 13.4. The molecule has 0 unspecified atom stereocenters. The highest BCUT2D eigenvalue weighted by atomic mass is 32.2. The molecular formula is C55H83N9O22S3. The Morgan fingerprint density at radius 1 is 0.618 bits per heavy atom. The molecule has 1 aromatic heterocycles. The highest BCUT2D eigenvalue weighted by molar-refractivity contribution is 7.89. The van der Waals surface area contributed by atoms with Crippen LogP contribution in [-0.2, 0) is 92.7 Å². The Labute approximate surface area is 517 Å². The van der Waals surface area contributed by atoms with Crippen LogP contribution in [0.3, 0.4) is 0 Å². The third-order valence-corrected chi connectivity index (χ3v) is 18.0. The smallest absolute Gasteiger partial charge is 0.323 e. The minimum absolute atomic E-state index is 0.00487. The predicted molar refractivity (Wildman–Crippen MR) is 318 cm³/mol. The van der Waals surface area contributed by atoms with E-state index in [-0.39, 0.29) is 113 Å². The van der Waals surface area contributed by atoms with Gasteiger partial charge in [0.25, 0.3) is 20.2 Å². The molecule has 1 aliphatic heterocycles. The van der Waals surface area contributed by atoms with Gasteiger partial charge in [-0.3, -0.25) is 76.8 Å². The molecule has 2 aromatic rings. The number of fused-ring (bicyclic) bond motifs is 1. The molecule has 1 aromatic carbocycles. The van der Waals surface area contributed by atoms with Crippen molar-refractivity contribution in [2.45, 2.75) is 114 Å². The van der Waals surface area contributed by atoms with E-state index < -0.39 is 158 Å². The van der Waals surface area contributed by atoms with Crippen LogP contribution in [0.1, 0.15) is 92.3 Å². The fraction of sp³-hybridized carbons (Fsp3) is 0.636. The quantitative estimate of drug-likeness (QED) is 0.0280. The summed E-state index contributed by atoms with van der Waals surface area (Å²) in [5, 5.41) is 45.5. The van der Waals surface area contributed by atoms with Gasteiger partial charge in [-0.05, 0) is 107 Å². The molecule has 4 rings (SSSR count). The van der Waals surface area contributed by atoms with Crippen molar-refractivity contribution in [2.75, 3.05) is 110 Å². The number of carbonyl (C=O) groups excluding carboxylic acids is 5. The first-order chi connectivity index (χ1) is 41.7. The lowest BCUT2D eigenvalue weighted by atomic mass is 9.95. The number of unbranched alkanes of at least 4 members (excludes halogenated alkanes) is 1. The molecule has 0 spiro atoms. The summed E-state index contributed by atoms with van der Waals surface area (Å²) in [7, 11) is -14.5. The Morgan fingerprint density at radius 2 is 1.13 bits per heavy atom. The third kappa shape index (κ3) is 29.3. The molecule has 34 heteroatoms. The van der Waals surface area contributed by atoms with Gasteiger partial charge in [0.2, 0.25) is 27.7 Å². The molecular weight excluding hydrogens is 1230 g/mol. The lowest BCUT2D eigenvalue weighted by molar-refractivity contribution is -0.140. The number of hydrogen-bond acceptors (Lipinski definition) is 21. The van der Waals surface area contributed by atoms with E-state index in [4.69, 9.17) is 9.72 Å². The molecule has 31 nitrogen and oxygen atoms in total. The Kier molecular flexibility index (Phi) is 30.5. The predicted octanol–water partition coefficient (Wildman–Crippen LogP) is -1.23. The van der Waals surface area contributed by atoms with E-state index in [9.17, 15) is 97.9 Å². The number of carboxylic acids is 4. The topological polar surface area (TPSA) is 461 Å². The number of benzene rings is 1. The number of sulfonamides is 1. The van der Waals surface area contributed by atoms with E-state index in [1.165, 1.54) is 51.1 Å². The lowest BCUT2D eigenvalue weighted by Gasteiger charge is -2.33. The number of ether oxygens (including phenoxy) is 1. The Hall–Kier alpha value is -6.63. The number of nitrogens with one attached hydrogen (secondary N) is 4. The number of hydrogen-bond donors (Lipinski definition) is 10. The minimum Gasteiger partial charge on any atom is -0.494 e. The molecule has 3 atom stereocenters. The summed E-state index contributed by atoms with van der Waals surface area (Å²) < 4.78 is 103. The number of Topliss-reactive ketones (excluding diaryl/α,β-unsaturated/α-hetero) is 2. The van der Waals surface area contributed by atoms with E-state index in [1.54, 1.807) is 0 Å².